The van der Waals surface area contributed by atoms with E-state index >= 15 is 0 Å². The number of para-hydroxylation sites is 1. The predicted molar refractivity (Wildman–Crippen MR) is 120 cm³/mol. The van der Waals surface area contributed by atoms with Crippen LogP contribution < -0.4 is 15.4 Å². The van der Waals surface area contributed by atoms with Crippen LogP contribution in [0.4, 0.5) is 10.7 Å². The number of aromatic nitrogens is 1. The first-order valence-corrected chi connectivity index (χ1v) is 10.3. The highest BCUT2D eigenvalue weighted by Crippen LogP contribution is 2.33. The number of anilines is 2. The molecule has 158 valence electrons. The highest BCUT2D eigenvalue weighted by molar-refractivity contribution is 7.11. The SMILES string of the molecule is CC(C)(C)[C@H](CO)NC(=N)c1c(O)nsc1Nc1ccc(Oc2ccccc2)cc1. The molecule has 0 aliphatic heterocycles. The summed E-state index contributed by atoms with van der Waals surface area (Å²) in [5.74, 6) is 1.23. The molecule has 0 aliphatic rings. The Balaban J connectivity index is 1.72. The van der Waals surface area contributed by atoms with Crippen molar-refractivity contribution in [3.8, 4) is 17.4 Å². The first kappa shape index (κ1) is 21.6. The first-order valence-electron chi connectivity index (χ1n) is 9.53. The summed E-state index contributed by atoms with van der Waals surface area (Å²) in [6, 6.07) is 16.5. The van der Waals surface area contributed by atoms with E-state index in [1.807, 2.05) is 75.4 Å². The number of ether oxygens (including phenoxy) is 1. The Morgan fingerprint density at radius 3 is 2.33 bits per heavy atom. The van der Waals surface area contributed by atoms with Gasteiger partial charge in [0.2, 0.25) is 5.88 Å². The molecule has 0 radical (unpaired) electrons. The Morgan fingerprint density at radius 1 is 1.10 bits per heavy atom. The highest BCUT2D eigenvalue weighted by atomic mass is 32.1. The maximum atomic E-state index is 10.2. The highest BCUT2D eigenvalue weighted by Gasteiger charge is 2.27. The molecule has 0 saturated carbocycles. The van der Waals surface area contributed by atoms with Crippen LogP contribution in [0.25, 0.3) is 0 Å². The van der Waals surface area contributed by atoms with Crippen LogP contribution in [0, 0.1) is 10.8 Å². The van der Waals surface area contributed by atoms with Gasteiger partial charge in [-0.2, -0.15) is 4.37 Å². The molecule has 1 atom stereocenters. The third-order valence-electron chi connectivity index (χ3n) is 4.56. The van der Waals surface area contributed by atoms with Gasteiger partial charge < -0.3 is 25.6 Å². The topological polar surface area (TPSA) is 110 Å². The summed E-state index contributed by atoms with van der Waals surface area (Å²) in [5.41, 5.74) is 0.775. The smallest absolute Gasteiger partial charge is 0.236 e. The van der Waals surface area contributed by atoms with Crippen LogP contribution in [0.3, 0.4) is 0 Å². The van der Waals surface area contributed by atoms with Crippen molar-refractivity contribution in [3.05, 3.63) is 60.2 Å². The van der Waals surface area contributed by atoms with Gasteiger partial charge in [0.1, 0.15) is 27.9 Å². The molecule has 5 N–H and O–H groups in total. The monoisotopic (exact) mass is 426 g/mol. The fourth-order valence-electron chi connectivity index (χ4n) is 2.74. The molecular weight excluding hydrogens is 400 g/mol. The Kier molecular flexibility index (Phi) is 6.59. The molecule has 1 heterocycles. The molecule has 0 unspecified atom stereocenters. The molecule has 0 bridgehead atoms. The molecule has 3 rings (SSSR count). The van der Waals surface area contributed by atoms with E-state index in [9.17, 15) is 10.2 Å². The summed E-state index contributed by atoms with van der Waals surface area (Å²) >= 11 is 1.06. The fourth-order valence-corrected chi connectivity index (χ4v) is 3.45. The second kappa shape index (κ2) is 9.15. The number of aliphatic hydroxyl groups excluding tert-OH is 1. The number of aliphatic hydroxyl groups is 1. The average molecular weight is 427 g/mol. The molecule has 3 aromatic rings. The van der Waals surface area contributed by atoms with Crippen molar-refractivity contribution < 1.29 is 14.9 Å². The Labute approximate surface area is 180 Å². The average Bonchev–Trinajstić information content (AvgIpc) is 3.07. The van der Waals surface area contributed by atoms with E-state index in [0.717, 1.165) is 23.0 Å². The second-order valence-corrected chi connectivity index (χ2v) is 8.67. The molecular formula is C22H26N4O3S. The Hall–Kier alpha value is -3.10. The van der Waals surface area contributed by atoms with Crippen LogP contribution in [0.15, 0.2) is 54.6 Å². The predicted octanol–water partition coefficient (Wildman–Crippen LogP) is 4.71. The lowest BCUT2D eigenvalue weighted by Crippen LogP contribution is -2.46. The number of hydrogen-bond acceptors (Lipinski definition) is 7. The quantitative estimate of drug-likeness (QED) is 0.276. The lowest BCUT2D eigenvalue weighted by Gasteiger charge is -2.30. The molecule has 8 heteroatoms. The van der Waals surface area contributed by atoms with E-state index < -0.39 is 0 Å². The number of hydrogen-bond donors (Lipinski definition) is 5. The van der Waals surface area contributed by atoms with Crippen molar-refractivity contribution in [2.45, 2.75) is 26.8 Å². The number of nitrogens with one attached hydrogen (secondary N) is 3. The maximum Gasteiger partial charge on any atom is 0.236 e. The molecule has 1 aromatic heterocycles. The Morgan fingerprint density at radius 2 is 1.73 bits per heavy atom. The number of benzene rings is 2. The zero-order valence-electron chi connectivity index (χ0n) is 17.1. The van der Waals surface area contributed by atoms with E-state index in [4.69, 9.17) is 10.1 Å². The summed E-state index contributed by atoms with van der Waals surface area (Å²) < 4.78 is 9.76. The molecule has 0 fully saturated rings. The molecule has 30 heavy (non-hydrogen) atoms. The number of amidine groups is 1. The van der Waals surface area contributed by atoms with Crippen molar-refractivity contribution in [3.63, 3.8) is 0 Å². The van der Waals surface area contributed by atoms with Crippen LogP contribution in [0.1, 0.15) is 26.3 Å². The van der Waals surface area contributed by atoms with E-state index in [2.05, 4.69) is 15.0 Å². The van der Waals surface area contributed by atoms with Crippen molar-refractivity contribution >= 4 is 28.1 Å². The van der Waals surface area contributed by atoms with Crippen LogP contribution >= 0.6 is 11.5 Å². The normalized spacial score (nSPS) is 12.3. The van der Waals surface area contributed by atoms with Gasteiger partial charge in [0.25, 0.3) is 0 Å². The van der Waals surface area contributed by atoms with Crippen molar-refractivity contribution in [1.82, 2.24) is 9.69 Å². The van der Waals surface area contributed by atoms with Gasteiger partial charge in [-0.15, -0.1) is 0 Å². The van der Waals surface area contributed by atoms with E-state index in [0.29, 0.717) is 10.8 Å². The minimum absolute atomic E-state index is 0.00163. The minimum atomic E-state index is -0.341. The van der Waals surface area contributed by atoms with Crippen LogP contribution in [0.5, 0.6) is 17.4 Å². The minimum Gasteiger partial charge on any atom is -0.492 e. The van der Waals surface area contributed by atoms with Crippen molar-refractivity contribution in [1.29, 1.82) is 5.41 Å². The van der Waals surface area contributed by atoms with Gasteiger partial charge in [-0.1, -0.05) is 39.0 Å². The fraction of sp³-hybridized carbons (Fsp3) is 0.273. The summed E-state index contributed by atoms with van der Waals surface area (Å²) in [5, 5.41) is 34.9. The van der Waals surface area contributed by atoms with Gasteiger partial charge in [-0.25, -0.2) is 0 Å². The summed E-state index contributed by atoms with van der Waals surface area (Å²) in [6.07, 6.45) is 0. The summed E-state index contributed by atoms with van der Waals surface area (Å²) in [7, 11) is 0. The third-order valence-corrected chi connectivity index (χ3v) is 5.31. The number of aromatic hydroxyl groups is 1. The van der Waals surface area contributed by atoms with Crippen LogP contribution in [-0.2, 0) is 0 Å². The third kappa shape index (κ3) is 5.28. The van der Waals surface area contributed by atoms with E-state index in [-0.39, 0.29) is 35.3 Å². The van der Waals surface area contributed by atoms with Gasteiger partial charge in [0, 0.05) is 5.69 Å². The molecule has 7 nitrogen and oxygen atoms in total. The summed E-state index contributed by atoms with van der Waals surface area (Å²) in [4.78, 5) is 0. The standard InChI is InChI=1S/C22H26N4O3S/c1-22(2,3)17(13-27)25-19(23)18-20(28)26-30-21(18)24-14-9-11-16(12-10-14)29-15-7-5-4-6-8-15/h4-12,17,24,27H,13H2,1-3H3,(H2,23,25)(H,26,28)/t17-/m0/s1. The lowest BCUT2D eigenvalue weighted by atomic mass is 9.87. The second-order valence-electron chi connectivity index (χ2n) is 7.90. The molecule has 0 amide bonds. The number of rotatable bonds is 7. The molecule has 0 aliphatic carbocycles. The molecule has 0 saturated heterocycles. The van der Waals surface area contributed by atoms with Crippen molar-refractivity contribution in [2.24, 2.45) is 5.41 Å². The van der Waals surface area contributed by atoms with Crippen LogP contribution in [0.2, 0.25) is 0 Å². The zero-order chi connectivity index (χ0) is 21.7. The molecule has 0 spiro atoms. The van der Waals surface area contributed by atoms with E-state index in [1.54, 1.807) is 0 Å². The van der Waals surface area contributed by atoms with Gasteiger partial charge in [0.05, 0.1) is 12.6 Å². The zero-order valence-corrected chi connectivity index (χ0v) is 18.0. The first-order chi connectivity index (χ1) is 14.3. The van der Waals surface area contributed by atoms with E-state index in [1.165, 1.54) is 0 Å². The molecule has 2 aromatic carbocycles. The van der Waals surface area contributed by atoms with Crippen molar-refractivity contribution in [2.75, 3.05) is 11.9 Å². The lowest BCUT2D eigenvalue weighted by molar-refractivity contribution is 0.175. The largest absolute Gasteiger partial charge is 0.492 e. The van der Waals surface area contributed by atoms with Crippen LogP contribution in [-0.4, -0.2) is 33.1 Å². The van der Waals surface area contributed by atoms with Gasteiger partial charge in [-0.3, -0.25) is 5.41 Å². The van der Waals surface area contributed by atoms with Gasteiger partial charge >= 0.3 is 0 Å². The Bertz CT molecular complexity index is 982. The summed E-state index contributed by atoms with van der Waals surface area (Å²) in [6.45, 7) is 5.78. The maximum absolute atomic E-state index is 10.2. The number of nitrogens with zero attached hydrogens (tertiary/aromatic N) is 1. The van der Waals surface area contributed by atoms with Gasteiger partial charge in [-0.05, 0) is 53.3 Å². The van der Waals surface area contributed by atoms with Gasteiger partial charge in [0.15, 0.2) is 0 Å².